The van der Waals surface area contributed by atoms with Gasteiger partial charge in [-0.1, -0.05) is 6.07 Å². The van der Waals surface area contributed by atoms with Crippen molar-refractivity contribution in [3.05, 3.63) is 47.7 Å². The first kappa shape index (κ1) is 42.2. The minimum Gasteiger partial charge on any atom is -0.481 e. The van der Waals surface area contributed by atoms with Gasteiger partial charge in [0.05, 0.1) is 10.9 Å². The number of carbonyl (C=O) groups is 2. The summed E-state index contributed by atoms with van der Waals surface area (Å²) in [6, 6.07) is 6.07. The summed E-state index contributed by atoms with van der Waals surface area (Å²) in [4.78, 5) is 42.1. The third-order valence-corrected chi connectivity index (χ3v) is 11.5. The molecule has 5 heterocycles. The molecule has 3 saturated heterocycles. The highest BCUT2D eigenvalue weighted by Gasteiger charge is 2.49. The Labute approximate surface area is 341 Å². The van der Waals surface area contributed by atoms with Crippen molar-refractivity contribution in [3.8, 4) is 23.0 Å². The van der Waals surface area contributed by atoms with E-state index in [-0.39, 0.29) is 66.9 Å². The van der Waals surface area contributed by atoms with Gasteiger partial charge in [0.2, 0.25) is 0 Å². The van der Waals surface area contributed by atoms with E-state index >= 15 is 8.78 Å². The molecule has 2 aromatic heterocycles. The Balaban J connectivity index is 1.29. The zero-order chi connectivity index (χ0) is 41.9. The number of methoxy groups -OCH3 is 1. The topological polar surface area (TPSA) is 148 Å². The standard InChI is InChI=1S/C43H53F3N6O7/c1-42(2,3)59-41(55)47-15-13-26-8-6-16-51(22-26)39-32-21-48-37(36(46)38(32)49-40(50-39)57-24-43-14-7-17-52(43)23-28(44)20-43)31-19-29(58-25-56-4)18-27-11-12-33(45)30(35(27)31)9-5-10-34(53)54/h11-12,18-19,21,26,28H,5-10,13-17,20,22-25H2,1-4H3,(H,47,55)(H,53,54)/t26?,28-,43+/m1/s1. The summed E-state index contributed by atoms with van der Waals surface area (Å²) in [5, 5.41) is 13.4. The van der Waals surface area contributed by atoms with Crippen molar-refractivity contribution < 1.29 is 46.8 Å². The average Bonchev–Trinajstić information content (AvgIpc) is 3.72. The molecule has 0 aliphatic carbocycles. The van der Waals surface area contributed by atoms with E-state index in [2.05, 4.69) is 25.1 Å². The van der Waals surface area contributed by atoms with Crippen LogP contribution in [0.2, 0.25) is 0 Å². The maximum Gasteiger partial charge on any atom is 0.407 e. The number of amides is 1. The molecular formula is C43H53F3N6O7. The monoisotopic (exact) mass is 822 g/mol. The number of aliphatic carboxylic acids is 1. The minimum absolute atomic E-state index is 0.0526. The largest absolute Gasteiger partial charge is 0.481 e. The van der Waals surface area contributed by atoms with Crippen LogP contribution < -0.4 is 19.7 Å². The molecule has 0 bridgehead atoms. The number of fused-ring (bicyclic) bond motifs is 3. The van der Waals surface area contributed by atoms with Crippen LogP contribution in [0.5, 0.6) is 11.8 Å². The number of rotatable bonds is 15. The molecule has 16 heteroatoms. The number of benzene rings is 2. The predicted octanol–water partition coefficient (Wildman–Crippen LogP) is 7.60. The van der Waals surface area contributed by atoms with Crippen LogP contribution in [0.25, 0.3) is 32.9 Å². The van der Waals surface area contributed by atoms with Crippen LogP contribution in [-0.4, -0.2) is 108 Å². The SMILES string of the molecule is COCOc1cc(-c2ncc3c(N4CCCC(CCNC(=O)OC(C)(C)C)C4)nc(OC[C@@]45CCCN4C[C@H](F)C5)nc3c2F)c2c(CCCC(=O)O)c(F)ccc2c1. The highest BCUT2D eigenvalue weighted by Crippen LogP contribution is 2.42. The van der Waals surface area contributed by atoms with Gasteiger partial charge in [-0.2, -0.15) is 9.97 Å². The van der Waals surface area contributed by atoms with E-state index in [1.165, 1.54) is 19.4 Å². The van der Waals surface area contributed by atoms with Crippen LogP contribution in [0, 0.1) is 17.6 Å². The predicted molar refractivity (Wildman–Crippen MR) is 216 cm³/mol. The number of carbonyl (C=O) groups excluding carboxylic acids is 1. The highest BCUT2D eigenvalue weighted by atomic mass is 19.1. The van der Waals surface area contributed by atoms with Crippen molar-refractivity contribution in [1.29, 1.82) is 0 Å². The number of carboxylic acids is 1. The number of piperidine rings is 1. The number of aryl methyl sites for hydroxylation is 1. The second-order valence-electron chi connectivity index (χ2n) is 16.9. The van der Waals surface area contributed by atoms with E-state index in [1.54, 1.807) is 18.2 Å². The summed E-state index contributed by atoms with van der Waals surface area (Å²) >= 11 is 0. The Morgan fingerprint density at radius 2 is 1.92 bits per heavy atom. The minimum atomic E-state index is -1.01. The van der Waals surface area contributed by atoms with Gasteiger partial charge in [0.15, 0.2) is 12.6 Å². The van der Waals surface area contributed by atoms with Gasteiger partial charge < -0.3 is 34.3 Å². The number of alkyl halides is 1. The zero-order valence-electron chi connectivity index (χ0n) is 34.1. The Hall–Kier alpha value is -4.96. The molecule has 1 amide bonds. The Morgan fingerprint density at radius 3 is 2.69 bits per heavy atom. The Kier molecular flexibility index (Phi) is 12.7. The molecule has 3 atom stereocenters. The molecule has 0 radical (unpaired) electrons. The number of alkyl carbamates (subject to hydrolysis) is 1. The van der Waals surface area contributed by atoms with Gasteiger partial charge in [-0.25, -0.2) is 18.0 Å². The maximum absolute atomic E-state index is 17.5. The van der Waals surface area contributed by atoms with Gasteiger partial charge in [0, 0.05) is 57.9 Å². The lowest BCUT2D eigenvalue weighted by atomic mass is 9.93. The number of carboxylic acid groups (broad SMARTS) is 1. The van der Waals surface area contributed by atoms with E-state index in [0.29, 0.717) is 66.7 Å². The van der Waals surface area contributed by atoms with Crippen molar-refractivity contribution in [1.82, 2.24) is 25.2 Å². The van der Waals surface area contributed by atoms with E-state index in [0.717, 1.165) is 32.2 Å². The van der Waals surface area contributed by atoms with Gasteiger partial charge >= 0.3 is 18.1 Å². The molecule has 0 spiro atoms. The number of hydrogen-bond acceptors (Lipinski definition) is 11. The summed E-state index contributed by atoms with van der Waals surface area (Å²) in [7, 11) is 1.47. The Bertz CT molecular complexity index is 2190. The van der Waals surface area contributed by atoms with Crippen molar-refractivity contribution >= 4 is 39.6 Å². The van der Waals surface area contributed by atoms with Gasteiger partial charge in [-0.05, 0) is 113 Å². The summed E-state index contributed by atoms with van der Waals surface area (Å²) in [5.41, 5.74) is -0.824. The quantitative estimate of drug-likeness (QED) is 0.114. The highest BCUT2D eigenvalue weighted by molar-refractivity contribution is 6.02. The van der Waals surface area contributed by atoms with Crippen molar-refractivity contribution in [2.75, 3.05) is 58.1 Å². The van der Waals surface area contributed by atoms with Crippen molar-refractivity contribution in [2.24, 2.45) is 5.92 Å². The number of hydrogen-bond donors (Lipinski definition) is 2. The summed E-state index contributed by atoms with van der Waals surface area (Å²) in [6.45, 7) is 8.18. The molecule has 3 fully saturated rings. The molecule has 7 rings (SSSR count). The maximum atomic E-state index is 17.5. The van der Waals surface area contributed by atoms with Gasteiger partial charge in [0.1, 0.15) is 47.0 Å². The lowest BCUT2D eigenvalue weighted by molar-refractivity contribution is -0.137. The second-order valence-corrected chi connectivity index (χ2v) is 16.9. The van der Waals surface area contributed by atoms with Crippen LogP contribution in [0.15, 0.2) is 30.5 Å². The van der Waals surface area contributed by atoms with Crippen LogP contribution >= 0.6 is 0 Å². The smallest absolute Gasteiger partial charge is 0.407 e. The van der Waals surface area contributed by atoms with E-state index in [1.807, 2.05) is 20.8 Å². The van der Waals surface area contributed by atoms with Crippen molar-refractivity contribution in [3.63, 3.8) is 0 Å². The number of halogens is 3. The van der Waals surface area contributed by atoms with E-state index < -0.39 is 41.0 Å². The fourth-order valence-electron chi connectivity index (χ4n) is 8.89. The molecule has 13 nitrogen and oxygen atoms in total. The number of pyridine rings is 1. The molecule has 3 aliphatic rings. The molecule has 59 heavy (non-hydrogen) atoms. The third-order valence-electron chi connectivity index (χ3n) is 11.5. The Morgan fingerprint density at radius 1 is 1.08 bits per heavy atom. The first-order valence-electron chi connectivity index (χ1n) is 20.4. The van der Waals surface area contributed by atoms with Crippen LogP contribution in [0.3, 0.4) is 0 Å². The summed E-state index contributed by atoms with van der Waals surface area (Å²) in [5.74, 6) is -1.42. The normalized spacial score (nSPS) is 20.9. The molecule has 3 aliphatic heterocycles. The number of nitrogens with one attached hydrogen (secondary N) is 1. The third kappa shape index (κ3) is 9.59. The fourth-order valence-corrected chi connectivity index (χ4v) is 8.89. The van der Waals surface area contributed by atoms with E-state index in [4.69, 9.17) is 23.9 Å². The van der Waals surface area contributed by atoms with Crippen molar-refractivity contribution in [2.45, 2.75) is 95.9 Å². The van der Waals surface area contributed by atoms with Crippen LogP contribution in [0.4, 0.5) is 23.8 Å². The number of aromatic nitrogens is 3. The van der Waals surface area contributed by atoms with Gasteiger partial charge in [-0.3, -0.25) is 14.7 Å². The zero-order valence-corrected chi connectivity index (χ0v) is 34.1. The summed E-state index contributed by atoms with van der Waals surface area (Å²) in [6.07, 6.45) is 4.57. The second kappa shape index (κ2) is 17.7. The molecule has 2 aromatic carbocycles. The number of nitrogens with zero attached hydrogens (tertiary/aromatic N) is 5. The first-order valence-corrected chi connectivity index (χ1v) is 20.4. The van der Waals surface area contributed by atoms with Crippen LogP contribution in [-0.2, 0) is 20.7 Å². The molecular weight excluding hydrogens is 770 g/mol. The molecule has 1 unspecified atom stereocenters. The lowest BCUT2D eigenvalue weighted by Gasteiger charge is -2.34. The molecule has 4 aromatic rings. The van der Waals surface area contributed by atoms with Gasteiger partial charge in [-0.15, -0.1) is 0 Å². The molecule has 2 N–H and O–H groups in total. The number of anilines is 1. The van der Waals surface area contributed by atoms with Gasteiger partial charge in [0.25, 0.3) is 0 Å². The lowest BCUT2D eigenvalue weighted by Crippen LogP contribution is -2.43. The van der Waals surface area contributed by atoms with Crippen LogP contribution in [0.1, 0.15) is 77.7 Å². The first-order chi connectivity index (χ1) is 28.2. The number of ether oxygens (including phenoxy) is 4. The average molecular weight is 823 g/mol. The fraction of sp³-hybridized carbons (Fsp3) is 0.558. The van der Waals surface area contributed by atoms with E-state index in [9.17, 15) is 19.1 Å². The molecule has 0 saturated carbocycles. The molecule has 318 valence electrons. The summed E-state index contributed by atoms with van der Waals surface area (Å²) < 4.78 is 70.5.